The van der Waals surface area contributed by atoms with Crippen molar-refractivity contribution in [1.82, 2.24) is 10.3 Å². The van der Waals surface area contributed by atoms with Gasteiger partial charge in [-0.05, 0) is 56.2 Å². The van der Waals surface area contributed by atoms with E-state index in [0.29, 0.717) is 17.0 Å². The number of nitrogens with one attached hydrogen (secondary N) is 1. The van der Waals surface area contributed by atoms with E-state index in [-0.39, 0.29) is 18.9 Å². The molecule has 1 aliphatic rings. The van der Waals surface area contributed by atoms with Gasteiger partial charge in [-0.2, -0.15) is 0 Å². The fourth-order valence-corrected chi connectivity index (χ4v) is 6.18. The number of halogens is 1. The number of thiazole rings is 1. The summed E-state index contributed by atoms with van der Waals surface area (Å²) in [7, 11) is 0. The highest BCUT2D eigenvalue weighted by Crippen LogP contribution is 2.41. The van der Waals surface area contributed by atoms with E-state index in [1.165, 1.54) is 18.4 Å². The average Bonchev–Trinajstić information content (AvgIpc) is 3.46. The Hall–Kier alpha value is -3.94. The van der Waals surface area contributed by atoms with Crippen molar-refractivity contribution in [2.24, 2.45) is 0 Å². The predicted molar refractivity (Wildman–Crippen MR) is 179 cm³/mol. The molecule has 1 heterocycles. The predicted octanol–water partition coefficient (Wildman–Crippen LogP) is 8.48. The number of anilines is 1. The third-order valence-corrected chi connectivity index (χ3v) is 8.59. The molecule has 0 spiro atoms. The largest absolute Gasteiger partial charge is 0.481 e. The third kappa shape index (κ3) is 9.80. The standard InChI is InChI=1S/C35H38ClN3O3S/c1-2-11-29(34(42)37-23-21-31(40)41)16-9-10-24-39(25-22-26-12-5-3-6-13-26)35-38-32(27-17-19-30(36)20-18-27)33(43-35)28-14-7-4-8-15-28/h2,4,7-9,11-12,14-20H,1,3,5-6,10,13,21-25H2,(H,37,42)(H,40,41)/b16-9-,29-11+. The lowest BCUT2D eigenvalue weighted by Crippen LogP contribution is -2.27. The van der Waals surface area contributed by atoms with Gasteiger partial charge in [0.25, 0.3) is 5.91 Å². The van der Waals surface area contributed by atoms with Crippen LogP contribution in [0.4, 0.5) is 5.13 Å². The molecule has 0 aliphatic heterocycles. The summed E-state index contributed by atoms with van der Waals surface area (Å²) in [6, 6.07) is 18.2. The van der Waals surface area contributed by atoms with Crippen LogP contribution < -0.4 is 10.2 Å². The van der Waals surface area contributed by atoms with Crippen LogP contribution in [0.1, 0.15) is 44.9 Å². The maximum atomic E-state index is 12.6. The molecule has 6 nitrogen and oxygen atoms in total. The lowest BCUT2D eigenvalue weighted by molar-refractivity contribution is -0.136. The fraction of sp³-hybridized carbons (Fsp3) is 0.286. The molecule has 2 N–H and O–H groups in total. The molecule has 8 heteroatoms. The number of hydrogen-bond acceptors (Lipinski definition) is 5. The van der Waals surface area contributed by atoms with Gasteiger partial charge in [0.15, 0.2) is 5.13 Å². The molecule has 0 atom stereocenters. The highest BCUT2D eigenvalue weighted by molar-refractivity contribution is 7.19. The Morgan fingerprint density at radius 3 is 2.56 bits per heavy atom. The maximum Gasteiger partial charge on any atom is 0.305 e. The normalized spacial score (nSPS) is 13.5. The summed E-state index contributed by atoms with van der Waals surface area (Å²) in [5, 5.41) is 13.2. The molecule has 224 valence electrons. The van der Waals surface area contributed by atoms with Crippen molar-refractivity contribution in [2.75, 3.05) is 24.5 Å². The van der Waals surface area contributed by atoms with Crippen LogP contribution in [0, 0.1) is 0 Å². The summed E-state index contributed by atoms with van der Waals surface area (Å²) in [4.78, 5) is 32.0. The minimum Gasteiger partial charge on any atom is -0.481 e. The first-order valence-corrected chi connectivity index (χ1v) is 15.9. The number of amides is 1. The monoisotopic (exact) mass is 615 g/mol. The SMILES string of the molecule is C=C/C=C(\C=C/CCN(CCC1=CCCCC1)c1nc(-c2ccc(Cl)cc2)c(-c2ccccc2)s1)C(=O)NCCC(=O)O. The van der Waals surface area contributed by atoms with Crippen molar-refractivity contribution in [2.45, 2.75) is 44.9 Å². The van der Waals surface area contributed by atoms with Crippen LogP contribution in [0.3, 0.4) is 0 Å². The summed E-state index contributed by atoms with van der Waals surface area (Å²) in [5.41, 5.74) is 5.03. The second kappa shape index (κ2) is 16.6. The van der Waals surface area contributed by atoms with Crippen LogP contribution >= 0.6 is 22.9 Å². The Morgan fingerprint density at radius 2 is 1.86 bits per heavy atom. The van der Waals surface area contributed by atoms with Gasteiger partial charge < -0.3 is 15.3 Å². The molecule has 2 aromatic carbocycles. The lowest BCUT2D eigenvalue weighted by atomic mass is 9.97. The van der Waals surface area contributed by atoms with Gasteiger partial charge in [-0.25, -0.2) is 4.98 Å². The minimum atomic E-state index is -0.953. The molecule has 0 fully saturated rings. The van der Waals surface area contributed by atoms with E-state index >= 15 is 0 Å². The Bertz CT molecular complexity index is 1480. The summed E-state index contributed by atoms with van der Waals surface area (Å²) in [6.07, 6.45) is 15.7. The maximum absolute atomic E-state index is 12.6. The second-order valence-electron chi connectivity index (χ2n) is 10.3. The van der Waals surface area contributed by atoms with Crippen LogP contribution in [0.25, 0.3) is 21.7 Å². The molecule has 1 aromatic heterocycles. The molecule has 43 heavy (non-hydrogen) atoms. The van der Waals surface area contributed by atoms with Crippen LogP contribution in [0.5, 0.6) is 0 Å². The van der Waals surface area contributed by atoms with Crippen LogP contribution in [-0.2, 0) is 9.59 Å². The summed E-state index contributed by atoms with van der Waals surface area (Å²) >= 11 is 7.90. The van der Waals surface area contributed by atoms with Gasteiger partial charge in [-0.3, -0.25) is 9.59 Å². The number of hydrogen-bond donors (Lipinski definition) is 2. The van der Waals surface area contributed by atoms with Crippen LogP contribution in [-0.4, -0.2) is 41.6 Å². The zero-order valence-corrected chi connectivity index (χ0v) is 25.9. The molecule has 0 bridgehead atoms. The van der Waals surface area contributed by atoms with Crippen molar-refractivity contribution >= 4 is 39.9 Å². The van der Waals surface area contributed by atoms with Crippen LogP contribution in [0.15, 0.2) is 103 Å². The molecule has 1 amide bonds. The van der Waals surface area contributed by atoms with E-state index in [4.69, 9.17) is 21.7 Å². The molecule has 0 saturated heterocycles. The number of carbonyl (C=O) groups excluding carboxylic acids is 1. The molecular formula is C35H38ClN3O3S. The lowest BCUT2D eigenvalue weighted by Gasteiger charge is -2.23. The van der Waals surface area contributed by atoms with Gasteiger partial charge >= 0.3 is 5.97 Å². The molecule has 4 rings (SSSR count). The number of aliphatic carboxylic acids is 1. The number of nitrogens with zero attached hydrogens (tertiary/aromatic N) is 2. The Kier molecular flexibility index (Phi) is 12.4. The van der Waals surface area contributed by atoms with Gasteiger partial charge in [0.1, 0.15) is 0 Å². The van der Waals surface area contributed by atoms with Gasteiger partial charge in [0, 0.05) is 35.8 Å². The van der Waals surface area contributed by atoms with Gasteiger partial charge in [-0.1, -0.05) is 108 Å². The number of allylic oxidation sites excluding steroid dienone is 3. The first kappa shape index (κ1) is 32.0. The van der Waals surface area contributed by atoms with Crippen molar-refractivity contribution in [3.63, 3.8) is 0 Å². The smallest absolute Gasteiger partial charge is 0.305 e. The summed E-state index contributed by atoms with van der Waals surface area (Å²) in [6.45, 7) is 5.37. The number of carboxylic acid groups (broad SMARTS) is 1. The molecule has 0 saturated carbocycles. The highest BCUT2D eigenvalue weighted by atomic mass is 35.5. The van der Waals surface area contributed by atoms with Gasteiger partial charge in [0.2, 0.25) is 0 Å². The van der Waals surface area contributed by atoms with Crippen molar-refractivity contribution in [3.8, 4) is 21.7 Å². The Balaban J connectivity index is 1.57. The quantitative estimate of drug-likeness (QED) is 0.102. The summed E-state index contributed by atoms with van der Waals surface area (Å²) in [5.74, 6) is -1.27. The first-order valence-electron chi connectivity index (χ1n) is 14.7. The summed E-state index contributed by atoms with van der Waals surface area (Å²) < 4.78 is 0. The van der Waals surface area contributed by atoms with E-state index in [9.17, 15) is 9.59 Å². The average molecular weight is 616 g/mol. The molecule has 1 aliphatic carbocycles. The van der Waals surface area contributed by atoms with Crippen molar-refractivity contribution in [1.29, 1.82) is 0 Å². The van der Waals surface area contributed by atoms with Crippen molar-refractivity contribution < 1.29 is 14.7 Å². The zero-order chi connectivity index (χ0) is 30.4. The Labute approximate surface area is 263 Å². The zero-order valence-electron chi connectivity index (χ0n) is 24.3. The van der Waals surface area contributed by atoms with E-state index in [1.54, 1.807) is 29.6 Å². The molecule has 0 radical (unpaired) electrons. The molecule has 0 unspecified atom stereocenters. The molecular weight excluding hydrogens is 578 g/mol. The third-order valence-electron chi connectivity index (χ3n) is 7.18. The molecule has 3 aromatic rings. The van der Waals surface area contributed by atoms with Gasteiger partial charge in [-0.15, -0.1) is 0 Å². The van der Waals surface area contributed by atoms with Crippen molar-refractivity contribution in [3.05, 3.63) is 108 Å². The number of rotatable bonds is 15. The second-order valence-corrected chi connectivity index (χ2v) is 11.8. The van der Waals surface area contributed by atoms with E-state index in [0.717, 1.165) is 59.2 Å². The first-order chi connectivity index (χ1) is 20.9. The number of aromatic nitrogens is 1. The van der Waals surface area contributed by atoms with E-state index < -0.39 is 5.97 Å². The fourth-order valence-electron chi connectivity index (χ4n) is 4.91. The van der Waals surface area contributed by atoms with Gasteiger partial charge in [0.05, 0.1) is 17.0 Å². The van der Waals surface area contributed by atoms with E-state index in [2.05, 4.69) is 35.0 Å². The number of carboxylic acids is 1. The topological polar surface area (TPSA) is 82.5 Å². The van der Waals surface area contributed by atoms with Crippen LogP contribution in [0.2, 0.25) is 5.02 Å². The Morgan fingerprint density at radius 1 is 1.07 bits per heavy atom. The minimum absolute atomic E-state index is 0.0733. The van der Waals surface area contributed by atoms with E-state index in [1.807, 2.05) is 48.5 Å². The highest BCUT2D eigenvalue weighted by Gasteiger charge is 2.19. The number of carbonyl (C=O) groups is 2. The number of benzene rings is 2.